The van der Waals surface area contributed by atoms with Gasteiger partial charge in [0.05, 0.1) is 0 Å². The third-order valence-corrected chi connectivity index (χ3v) is 4.40. The summed E-state index contributed by atoms with van der Waals surface area (Å²) < 4.78 is 14.7. The molecule has 0 aliphatic heterocycles. The predicted octanol–water partition coefficient (Wildman–Crippen LogP) is 5.28. The van der Waals surface area contributed by atoms with Crippen LogP contribution in [-0.4, -0.2) is 5.78 Å². The minimum absolute atomic E-state index is 0.105. The fraction of sp³-hybridized carbons (Fsp3) is 0.0556. The molecular formula is C18H12BrFO. The smallest absolute Gasteiger partial charge is 0.193 e. The van der Waals surface area contributed by atoms with E-state index >= 15 is 0 Å². The third-order valence-electron chi connectivity index (χ3n) is 3.55. The Labute approximate surface area is 130 Å². The van der Waals surface area contributed by atoms with Crippen molar-refractivity contribution in [1.82, 2.24) is 0 Å². The van der Waals surface area contributed by atoms with Crippen LogP contribution in [-0.2, 0) is 0 Å². The highest BCUT2D eigenvalue weighted by Gasteiger charge is 2.14. The van der Waals surface area contributed by atoms with E-state index in [1.807, 2.05) is 19.1 Å². The first-order chi connectivity index (χ1) is 10.1. The maximum Gasteiger partial charge on any atom is 0.193 e. The first kappa shape index (κ1) is 14.0. The van der Waals surface area contributed by atoms with Crippen LogP contribution in [0.3, 0.4) is 0 Å². The Hall–Kier alpha value is -2.00. The van der Waals surface area contributed by atoms with Crippen LogP contribution in [0, 0.1) is 12.7 Å². The molecule has 0 spiro atoms. The number of rotatable bonds is 2. The Bertz CT molecular complexity index is 855. The van der Waals surface area contributed by atoms with Gasteiger partial charge in [-0.1, -0.05) is 52.3 Å². The van der Waals surface area contributed by atoms with Crippen LogP contribution in [0.2, 0.25) is 0 Å². The number of ketones is 1. The van der Waals surface area contributed by atoms with Gasteiger partial charge in [0.1, 0.15) is 5.82 Å². The maximum absolute atomic E-state index is 13.8. The van der Waals surface area contributed by atoms with Gasteiger partial charge in [0.15, 0.2) is 5.78 Å². The van der Waals surface area contributed by atoms with Crippen molar-refractivity contribution in [2.45, 2.75) is 6.92 Å². The maximum atomic E-state index is 13.8. The van der Waals surface area contributed by atoms with Gasteiger partial charge in [-0.2, -0.15) is 0 Å². The van der Waals surface area contributed by atoms with Crippen molar-refractivity contribution in [2.75, 3.05) is 0 Å². The number of hydrogen-bond acceptors (Lipinski definition) is 1. The molecule has 0 bridgehead atoms. The summed E-state index contributed by atoms with van der Waals surface area (Å²) >= 11 is 3.44. The summed E-state index contributed by atoms with van der Waals surface area (Å²) in [5, 5.41) is 1.11. The molecule has 0 saturated heterocycles. The molecule has 3 rings (SSSR count). The topological polar surface area (TPSA) is 17.1 Å². The minimum atomic E-state index is -0.313. The van der Waals surface area contributed by atoms with Crippen LogP contribution >= 0.6 is 15.9 Å². The molecule has 1 nitrogen and oxygen atoms in total. The van der Waals surface area contributed by atoms with Crippen molar-refractivity contribution in [1.29, 1.82) is 0 Å². The van der Waals surface area contributed by atoms with E-state index in [0.717, 1.165) is 10.0 Å². The Morgan fingerprint density at radius 3 is 2.43 bits per heavy atom. The van der Waals surface area contributed by atoms with E-state index in [0.29, 0.717) is 21.9 Å². The van der Waals surface area contributed by atoms with E-state index < -0.39 is 0 Å². The summed E-state index contributed by atoms with van der Waals surface area (Å²) in [5.41, 5.74) is 2.17. The average Bonchev–Trinajstić information content (AvgIpc) is 2.50. The lowest BCUT2D eigenvalue weighted by molar-refractivity contribution is 0.104. The Kier molecular flexibility index (Phi) is 3.60. The van der Waals surface area contributed by atoms with E-state index in [-0.39, 0.29) is 11.6 Å². The highest BCUT2D eigenvalue weighted by atomic mass is 79.9. The second kappa shape index (κ2) is 5.41. The Balaban J connectivity index is 2.18. The summed E-state index contributed by atoms with van der Waals surface area (Å²) in [6.45, 7) is 1.96. The molecule has 21 heavy (non-hydrogen) atoms. The molecule has 0 unspecified atom stereocenters. The van der Waals surface area contributed by atoms with Gasteiger partial charge >= 0.3 is 0 Å². The standard InChI is InChI=1S/C18H12BrFO/c1-11-6-7-12(10-16(11)19)18(21)15-8-9-17(20)14-5-3-2-4-13(14)15/h2-10H,1H3. The number of carbonyl (C=O) groups excluding carboxylic acids is 1. The van der Waals surface area contributed by atoms with Crippen LogP contribution < -0.4 is 0 Å². The van der Waals surface area contributed by atoms with Gasteiger partial charge in [-0.3, -0.25) is 4.79 Å². The van der Waals surface area contributed by atoms with Crippen LogP contribution in [0.5, 0.6) is 0 Å². The lowest BCUT2D eigenvalue weighted by Crippen LogP contribution is -2.03. The number of fused-ring (bicyclic) bond motifs is 1. The zero-order valence-electron chi connectivity index (χ0n) is 11.4. The van der Waals surface area contributed by atoms with Crippen molar-refractivity contribution >= 4 is 32.5 Å². The van der Waals surface area contributed by atoms with Gasteiger partial charge in [-0.25, -0.2) is 4.39 Å². The summed E-state index contributed by atoms with van der Waals surface area (Å²) in [5.74, 6) is -0.417. The normalized spacial score (nSPS) is 10.8. The van der Waals surface area contributed by atoms with Crippen LogP contribution in [0.4, 0.5) is 4.39 Å². The molecule has 104 valence electrons. The van der Waals surface area contributed by atoms with Gasteiger partial charge in [-0.05, 0) is 36.1 Å². The molecule has 0 N–H and O–H groups in total. The van der Waals surface area contributed by atoms with E-state index in [2.05, 4.69) is 15.9 Å². The molecule has 3 heteroatoms. The highest BCUT2D eigenvalue weighted by Crippen LogP contribution is 2.25. The SMILES string of the molecule is Cc1ccc(C(=O)c2ccc(F)c3ccccc23)cc1Br. The first-order valence-electron chi connectivity index (χ1n) is 6.56. The molecule has 3 aromatic rings. The summed E-state index contributed by atoms with van der Waals surface area (Å²) in [6, 6.07) is 15.4. The molecule has 0 atom stereocenters. The number of halogens is 2. The molecule has 0 amide bonds. The lowest BCUT2D eigenvalue weighted by Gasteiger charge is -2.08. The van der Waals surface area contributed by atoms with E-state index in [4.69, 9.17) is 0 Å². The summed E-state index contributed by atoms with van der Waals surface area (Å²) in [6.07, 6.45) is 0. The molecular weight excluding hydrogens is 331 g/mol. The van der Waals surface area contributed by atoms with E-state index in [1.165, 1.54) is 6.07 Å². The summed E-state index contributed by atoms with van der Waals surface area (Å²) in [7, 11) is 0. The molecule has 0 radical (unpaired) electrons. The van der Waals surface area contributed by atoms with Gasteiger partial charge in [0.25, 0.3) is 0 Å². The Morgan fingerprint density at radius 2 is 1.71 bits per heavy atom. The van der Waals surface area contributed by atoms with Gasteiger partial charge < -0.3 is 0 Å². The molecule has 0 aliphatic carbocycles. The Morgan fingerprint density at radius 1 is 1.00 bits per heavy atom. The van der Waals surface area contributed by atoms with Gasteiger partial charge in [-0.15, -0.1) is 0 Å². The number of carbonyl (C=O) groups is 1. The zero-order chi connectivity index (χ0) is 15.0. The average molecular weight is 343 g/mol. The second-order valence-corrected chi connectivity index (χ2v) is 5.79. The third kappa shape index (κ3) is 2.49. The monoisotopic (exact) mass is 342 g/mol. The first-order valence-corrected chi connectivity index (χ1v) is 7.35. The molecule has 0 aromatic heterocycles. The van der Waals surface area contributed by atoms with Crippen LogP contribution in [0.15, 0.2) is 59.1 Å². The number of hydrogen-bond donors (Lipinski definition) is 0. The van der Waals surface area contributed by atoms with Crippen molar-refractivity contribution in [2.24, 2.45) is 0 Å². The van der Waals surface area contributed by atoms with Gasteiger partial charge in [0.2, 0.25) is 0 Å². The van der Waals surface area contributed by atoms with E-state index in [9.17, 15) is 9.18 Å². The molecule has 0 aliphatic rings. The van der Waals surface area contributed by atoms with Crippen molar-refractivity contribution in [3.8, 4) is 0 Å². The minimum Gasteiger partial charge on any atom is -0.289 e. The highest BCUT2D eigenvalue weighted by molar-refractivity contribution is 9.10. The second-order valence-electron chi connectivity index (χ2n) is 4.93. The lowest BCUT2D eigenvalue weighted by atomic mass is 9.96. The largest absolute Gasteiger partial charge is 0.289 e. The summed E-state index contributed by atoms with van der Waals surface area (Å²) in [4.78, 5) is 12.7. The zero-order valence-corrected chi connectivity index (χ0v) is 12.9. The number of benzene rings is 3. The van der Waals surface area contributed by atoms with Crippen LogP contribution in [0.25, 0.3) is 10.8 Å². The van der Waals surface area contributed by atoms with Crippen molar-refractivity contribution in [3.05, 3.63) is 81.6 Å². The molecule has 3 aromatic carbocycles. The molecule has 0 fully saturated rings. The molecule has 0 saturated carbocycles. The molecule has 0 heterocycles. The fourth-order valence-corrected chi connectivity index (χ4v) is 2.73. The van der Waals surface area contributed by atoms with E-state index in [1.54, 1.807) is 36.4 Å². The van der Waals surface area contributed by atoms with Crippen molar-refractivity contribution < 1.29 is 9.18 Å². The fourth-order valence-electron chi connectivity index (χ4n) is 2.35. The van der Waals surface area contributed by atoms with Crippen LogP contribution in [0.1, 0.15) is 21.5 Å². The quantitative estimate of drug-likeness (QED) is 0.579. The number of aryl methyl sites for hydroxylation is 1. The van der Waals surface area contributed by atoms with Crippen molar-refractivity contribution in [3.63, 3.8) is 0 Å². The van der Waals surface area contributed by atoms with Gasteiger partial charge in [0, 0.05) is 21.0 Å². The predicted molar refractivity (Wildman–Crippen MR) is 86.2 cm³/mol.